The topological polar surface area (TPSA) is 53.0 Å². The number of fused-ring (bicyclic) bond motifs is 1. The van der Waals surface area contributed by atoms with Crippen LogP contribution in [0.3, 0.4) is 0 Å². The van der Waals surface area contributed by atoms with Gasteiger partial charge in [-0.25, -0.2) is 0 Å². The number of ether oxygens (including phenoxy) is 1. The van der Waals surface area contributed by atoms with Gasteiger partial charge in [-0.3, -0.25) is 9.69 Å². The first-order valence-electron chi connectivity index (χ1n) is 10.3. The van der Waals surface area contributed by atoms with Crippen LogP contribution in [0.25, 0.3) is 11.1 Å². The number of piperazine rings is 1. The zero-order valence-corrected chi connectivity index (χ0v) is 16.8. The number of carbonyl (C=O) groups is 1. The largest absolute Gasteiger partial charge is 0.508 e. The minimum absolute atomic E-state index is 0.162. The minimum atomic E-state index is -0.162. The predicted molar refractivity (Wildman–Crippen MR) is 117 cm³/mol. The molecule has 3 aromatic rings. The first-order chi connectivity index (χ1) is 14.7. The molecule has 5 nitrogen and oxygen atoms in total. The molecule has 30 heavy (non-hydrogen) atoms. The van der Waals surface area contributed by atoms with Gasteiger partial charge < -0.3 is 14.7 Å². The number of hydrogen-bond donors (Lipinski definition) is 1. The number of anilines is 1. The highest BCUT2D eigenvalue weighted by molar-refractivity contribution is 5.85. The number of phenolic OH excluding ortho intramolecular Hbond substituents is 1. The lowest BCUT2D eigenvalue weighted by atomic mass is 10.0. The van der Waals surface area contributed by atoms with Crippen molar-refractivity contribution in [1.82, 2.24) is 4.90 Å². The summed E-state index contributed by atoms with van der Waals surface area (Å²) >= 11 is 0. The Balaban J connectivity index is 1.24. The molecule has 0 radical (unpaired) electrons. The van der Waals surface area contributed by atoms with E-state index in [-0.39, 0.29) is 11.7 Å². The summed E-state index contributed by atoms with van der Waals surface area (Å²) < 4.78 is 5.47. The van der Waals surface area contributed by atoms with E-state index in [1.54, 1.807) is 12.1 Å². The highest BCUT2D eigenvalue weighted by atomic mass is 16.5. The molecule has 3 aromatic carbocycles. The van der Waals surface area contributed by atoms with E-state index in [1.807, 2.05) is 30.3 Å². The molecule has 2 aliphatic heterocycles. The molecule has 0 amide bonds. The maximum Gasteiger partial charge on any atom is 0.315 e. The number of carbonyl (C=O) groups excluding carboxylic acids is 1. The highest BCUT2D eigenvalue weighted by Crippen LogP contribution is 2.37. The van der Waals surface area contributed by atoms with Gasteiger partial charge in [0.15, 0.2) is 5.75 Å². The molecule has 5 heteroatoms. The first kappa shape index (κ1) is 18.7. The van der Waals surface area contributed by atoms with Crippen molar-refractivity contribution in [3.05, 3.63) is 77.9 Å². The van der Waals surface area contributed by atoms with Crippen molar-refractivity contribution in [3.8, 4) is 22.6 Å². The summed E-state index contributed by atoms with van der Waals surface area (Å²) in [7, 11) is 0. The third-order valence-corrected chi connectivity index (χ3v) is 5.87. The molecule has 1 N–H and O–H groups in total. The molecule has 1 fully saturated rings. The van der Waals surface area contributed by atoms with Crippen molar-refractivity contribution >= 4 is 11.7 Å². The summed E-state index contributed by atoms with van der Waals surface area (Å²) in [5.41, 5.74) is 5.57. The van der Waals surface area contributed by atoms with E-state index in [4.69, 9.17) is 4.74 Å². The van der Waals surface area contributed by atoms with E-state index >= 15 is 0 Å². The van der Waals surface area contributed by atoms with Crippen LogP contribution in [0.4, 0.5) is 5.69 Å². The number of para-hydroxylation sites is 1. The van der Waals surface area contributed by atoms with Gasteiger partial charge in [-0.15, -0.1) is 0 Å². The van der Waals surface area contributed by atoms with Crippen LogP contribution in [-0.2, 0) is 17.8 Å². The molecule has 2 aliphatic rings. The Kier molecular flexibility index (Phi) is 4.89. The van der Waals surface area contributed by atoms with Gasteiger partial charge in [0.2, 0.25) is 0 Å². The van der Waals surface area contributed by atoms with E-state index in [9.17, 15) is 9.90 Å². The van der Waals surface area contributed by atoms with Crippen LogP contribution in [0.2, 0.25) is 0 Å². The van der Waals surface area contributed by atoms with Gasteiger partial charge in [0.05, 0.1) is 12.1 Å². The summed E-state index contributed by atoms with van der Waals surface area (Å²) in [6, 6.07) is 21.9. The van der Waals surface area contributed by atoms with E-state index in [2.05, 4.69) is 34.1 Å². The fourth-order valence-electron chi connectivity index (χ4n) is 4.29. The Morgan fingerprint density at radius 1 is 0.867 bits per heavy atom. The lowest BCUT2D eigenvalue weighted by Crippen LogP contribution is -2.46. The van der Waals surface area contributed by atoms with Gasteiger partial charge in [0, 0.05) is 38.3 Å². The van der Waals surface area contributed by atoms with Gasteiger partial charge >= 0.3 is 5.97 Å². The number of aromatic hydroxyl groups is 1. The average molecular weight is 400 g/mol. The SMILES string of the molecule is O=C1Cc2cccc(N3CCN(Cc4cccc(-c5ccc(O)cc5)c4)CC3)c2O1. The molecule has 0 aliphatic carbocycles. The zero-order chi connectivity index (χ0) is 20.5. The van der Waals surface area contributed by atoms with Crippen molar-refractivity contribution in [2.45, 2.75) is 13.0 Å². The Morgan fingerprint density at radius 3 is 2.43 bits per heavy atom. The van der Waals surface area contributed by atoms with Crippen LogP contribution >= 0.6 is 0 Å². The Bertz CT molecular complexity index is 1070. The summed E-state index contributed by atoms with van der Waals surface area (Å²) in [6.45, 7) is 4.64. The fourth-order valence-corrected chi connectivity index (χ4v) is 4.29. The van der Waals surface area contributed by atoms with Gasteiger partial charge in [-0.1, -0.05) is 42.5 Å². The number of nitrogens with zero attached hydrogens (tertiary/aromatic N) is 2. The lowest BCUT2D eigenvalue weighted by Gasteiger charge is -2.36. The number of hydrogen-bond acceptors (Lipinski definition) is 5. The summed E-state index contributed by atoms with van der Waals surface area (Å²) in [5, 5.41) is 9.51. The lowest BCUT2D eigenvalue weighted by molar-refractivity contribution is -0.131. The molecule has 0 unspecified atom stereocenters. The number of benzene rings is 3. The molecule has 2 heterocycles. The van der Waals surface area contributed by atoms with Crippen LogP contribution in [-0.4, -0.2) is 42.2 Å². The normalized spacial score (nSPS) is 16.4. The predicted octanol–water partition coefficient (Wildman–Crippen LogP) is 3.84. The van der Waals surface area contributed by atoms with E-state index in [0.717, 1.165) is 60.9 Å². The molecular formula is C25H24N2O3. The second kappa shape index (κ2) is 7.84. The van der Waals surface area contributed by atoms with Crippen molar-refractivity contribution < 1.29 is 14.6 Å². The van der Waals surface area contributed by atoms with Gasteiger partial charge in [0.1, 0.15) is 5.75 Å². The third kappa shape index (κ3) is 3.76. The van der Waals surface area contributed by atoms with Gasteiger partial charge in [0.25, 0.3) is 0 Å². The minimum Gasteiger partial charge on any atom is -0.508 e. The van der Waals surface area contributed by atoms with Crippen molar-refractivity contribution in [3.63, 3.8) is 0 Å². The van der Waals surface area contributed by atoms with Crippen LogP contribution in [0.1, 0.15) is 11.1 Å². The number of esters is 1. The smallest absolute Gasteiger partial charge is 0.315 e. The molecule has 0 spiro atoms. The molecule has 0 bridgehead atoms. The van der Waals surface area contributed by atoms with Crippen LogP contribution in [0.5, 0.6) is 11.5 Å². The molecule has 5 rings (SSSR count). The van der Waals surface area contributed by atoms with Crippen LogP contribution in [0, 0.1) is 0 Å². The summed E-state index contributed by atoms with van der Waals surface area (Å²) in [5.74, 6) is 0.869. The number of phenols is 1. The molecule has 1 saturated heterocycles. The van der Waals surface area contributed by atoms with Crippen molar-refractivity contribution in [1.29, 1.82) is 0 Å². The summed E-state index contributed by atoms with van der Waals surface area (Å²) in [6.07, 6.45) is 0.376. The quantitative estimate of drug-likeness (QED) is 0.533. The number of rotatable bonds is 4. The van der Waals surface area contributed by atoms with E-state index < -0.39 is 0 Å². The Morgan fingerprint density at radius 2 is 1.63 bits per heavy atom. The molecule has 0 saturated carbocycles. The fraction of sp³-hybridized carbons (Fsp3) is 0.240. The standard InChI is InChI=1S/C25H24N2O3/c28-22-9-7-19(8-10-22)20-4-1-3-18(15-20)17-26-11-13-27(14-12-26)23-6-2-5-21-16-24(29)30-25(21)23/h1-10,15,28H,11-14,16-17H2. The van der Waals surface area contributed by atoms with Crippen LogP contribution in [0.15, 0.2) is 66.7 Å². The van der Waals surface area contributed by atoms with Gasteiger partial charge in [-0.05, 0) is 41.0 Å². The Hall–Kier alpha value is -3.31. The second-order valence-electron chi connectivity index (χ2n) is 7.93. The second-order valence-corrected chi connectivity index (χ2v) is 7.93. The van der Waals surface area contributed by atoms with Crippen molar-refractivity contribution in [2.24, 2.45) is 0 Å². The Labute approximate surface area is 176 Å². The molecule has 0 atom stereocenters. The summed E-state index contributed by atoms with van der Waals surface area (Å²) in [4.78, 5) is 16.5. The zero-order valence-electron chi connectivity index (χ0n) is 16.8. The maximum atomic E-state index is 11.7. The molecule has 0 aromatic heterocycles. The molecular weight excluding hydrogens is 376 g/mol. The maximum absolute atomic E-state index is 11.7. The molecule has 152 valence electrons. The highest BCUT2D eigenvalue weighted by Gasteiger charge is 2.27. The third-order valence-electron chi connectivity index (χ3n) is 5.87. The first-order valence-corrected chi connectivity index (χ1v) is 10.3. The van der Waals surface area contributed by atoms with Crippen LogP contribution < -0.4 is 9.64 Å². The monoisotopic (exact) mass is 400 g/mol. The van der Waals surface area contributed by atoms with Crippen molar-refractivity contribution in [2.75, 3.05) is 31.1 Å². The van der Waals surface area contributed by atoms with E-state index in [1.165, 1.54) is 5.56 Å². The van der Waals surface area contributed by atoms with E-state index in [0.29, 0.717) is 6.42 Å². The van der Waals surface area contributed by atoms with Gasteiger partial charge in [-0.2, -0.15) is 0 Å². The average Bonchev–Trinajstić information content (AvgIpc) is 3.15.